The van der Waals surface area contributed by atoms with Gasteiger partial charge in [-0.05, 0) is 56.8 Å². The number of hydrogen-bond donors (Lipinski definition) is 2. The molecule has 2 N–H and O–H groups in total. The van der Waals surface area contributed by atoms with Crippen molar-refractivity contribution < 1.29 is 9.59 Å². The van der Waals surface area contributed by atoms with Crippen LogP contribution in [0.4, 0.5) is 5.69 Å². The molecule has 1 aromatic carbocycles. The van der Waals surface area contributed by atoms with Gasteiger partial charge in [0.2, 0.25) is 11.8 Å². The molecule has 1 aliphatic carbocycles. The topological polar surface area (TPSA) is 61.4 Å². The Hall–Kier alpha value is -1.59. The lowest BCUT2D eigenvalue weighted by Gasteiger charge is -2.25. The van der Waals surface area contributed by atoms with E-state index in [1.807, 2.05) is 31.2 Å². The van der Waals surface area contributed by atoms with Crippen LogP contribution in [-0.4, -0.2) is 43.4 Å². The maximum Gasteiger partial charge on any atom is 0.243 e. The van der Waals surface area contributed by atoms with Crippen LogP contribution >= 0.6 is 12.4 Å². The van der Waals surface area contributed by atoms with Crippen molar-refractivity contribution in [2.24, 2.45) is 11.3 Å². The average molecular weight is 352 g/mol. The Morgan fingerprint density at radius 3 is 2.50 bits per heavy atom. The molecule has 0 aromatic heterocycles. The van der Waals surface area contributed by atoms with Crippen molar-refractivity contribution in [1.29, 1.82) is 0 Å². The summed E-state index contributed by atoms with van der Waals surface area (Å²) in [5.41, 5.74) is 2.13. The lowest BCUT2D eigenvalue weighted by Crippen LogP contribution is -2.38. The monoisotopic (exact) mass is 351 g/mol. The van der Waals surface area contributed by atoms with Crippen LogP contribution in [0.3, 0.4) is 0 Å². The fourth-order valence-electron chi connectivity index (χ4n) is 3.57. The number of amides is 2. The van der Waals surface area contributed by atoms with Gasteiger partial charge in [-0.3, -0.25) is 9.59 Å². The van der Waals surface area contributed by atoms with E-state index in [0.717, 1.165) is 43.6 Å². The van der Waals surface area contributed by atoms with Crippen molar-refractivity contribution in [2.75, 3.05) is 32.0 Å². The van der Waals surface area contributed by atoms with E-state index in [1.54, 1.807) is 11.9 Å². The molecule has 1 saturated heterocycles. The van der Waals surface area contributed by atoms with E-state index >= 15 is 0 Å². The minimum Gasteiger partial charge on any atom is -0.336 e. The van der Waals surface area contributed by atoms with Gasteiger partial charge in [0.05, 0.1) is 6.54 Å². The van der Waals surface area contributed by atoms with Crippen molar-refractivity contribution in [3.05, 3.63) is 29.8 Å². The second-order valence-corrected chi connectivity index (χ2v) is 6.98. The Kier molecular flexibility index (Phi) is 5.88. The molecule has 132 valence electrons. The lowest BCUT2D eigenvalue weighted by molar-refractivity contribution is -0.135. The number of carbonyl (C=O) groups excluding carboxylic acids is 2. The summed E-state index contributed by atoms with van der Waals surface area (Å²) in [7, 11) is 1.73. The molecule has 5 nitrogen and oxygen atoms in total. The number of nitrogens with zero attached hydrogens (tertiary/aromatic N) is 1. The molecular formula is C18H26ClN3O2. The van der Waals surface area contributed by atoms with Crippen LogP contribution in [-0.2, 0) is 9.59 Å². The highest BCUT2D eigenvalue weighted by atomic mass is 35.5. The number of aryl methyl sites for hydroxylation is 1. The zero-order valence-corrected chi connectivity index (χ0v) is 15.1. The summed E-state index contributed by atoms with van der Waals surface area (Å²) >= 11 is 0. The maximum absolute atomic E-state index is 12.5. The van der Waals surface area contributed by atoms with Crippen LogP contribution in [0.2, 0.25) is 0 Å². The van der Waals surface area contributed by atoms with Crippen molar-refractivity contribution in [3.63, 3.8) is 0 Å². The highest BCUT2D eigenvalue weighted by molar-refractivity contribution is 5.95. The van der Waals surface area contributed by atoms with E-state index in [-0.39, 0.29) is 42.1 Å². The Balaban J connectivity index is 0.00000208. The van der Waals surface area contributed by atoms with Crippen LogP contribution in [0, 0.1) is 18.3 Å². The normalized spacial score (nSPS) is 20.8. The first kappa shape index (κ1) is 18.7. The van der Waals surface area contributed by atoms with Crippen molar-refractivity contribution in [1.82, 2.24) is 10.2 Å². The van der Waals surface area contributed by atoms with Crippen LogP contribution in [0.15, 0.2) is 24.3 Å². The van der Waals surface area contributed by atoms with Crippen molar-refractivity contribution in [2.45, 2.75) is 26.2 Å². The van der Waals surface area contributed by atoms with Crippen LogP contribution in [0.1, 0.15) is 24.8 Å². The van der Waals surface area contributed by atoms with Crippen LogP contribution in [0.5, 0.6) is 0 Å². The molecule has 1 saturated carbocycles. The molecule has 1 atom stereocenters. The van der Waals surface area contributed by atoms with Gasteiger partial charge >= 0.3 is 0 Å². The third-order valence-electron chi connectivity index (χ3n) is 5.18. The first-order valence-corrected chi connectivity index (χ1v) is 8.32. The summed E-state index contributed by atoms with van der Waals surface area (Å²) in [5, 5.41) is 6.19. The first-order chi connectivity index (χ1) is 11.0. The van der Waals surface area contributed by atoms with E-state index in [2.05, 4.69) is 10.6 Å². The second kappa shape index (κ2) is 7.53. The number of likely N-dealkylation sites (N-methyl/N-ethyl adjacent to an activating group) is 1. The molecule has 2 fully saturated rings. The molecule has 6 heteroatoms. The number of piperidine rings is 1. The summed E-state index contributed by atoms with van der Waals surface area (Å²) in [6.07, 6.45) is 3.14. The van der Waals surface area contributed by atoms with E-state index in [1.165, 1.54) is 0 Å². The summed E-state index contributed by atoms with van der Waals surface area (Å²) in [4.78, 5) is 26.2. The summed E-state index contributed by atoms with van der Waals surface area (Å²) < 4.78 is 0. The number of anilines is 1. The van der Waals surface area contributed by atoms with Gasteiger partial charge in [0.25, 0.3) is 0 Å². The van der Waals surface area contributed by atoms with Gasteiger partial charge in [-0.15, -0.1) is 12.4 Å². The molecule has 1 heterocycles. The Morgan fingerprint density at radius 1 is 1.25 bits per heavy atom. The third kappa shape index (κ3) is 4.08. The first-order valence-electron chi connectivity index (χ1n) is 8.32. The lowest BCUT2D eigenvalue weighted by atomic mass is 9.91. The van der Waals surface area contributed by atoms with E-state index in [9.17, 15) is 9.59 Å². The average Bonchev–Trinajstić information content (AvgIpc) is 3.22. The number of nitrogens with one attached hydrogen (secondary N) is 2. The molecule has 0 radical (unpaired) electrons. The predicted molar refractivity (Wildman–Crippen MR) is 97.3 cm³/mol. The number of carbonyl (C=O) groups is 2. The van der Waals surface area contributed by atoms with Gasteiger partial charge in [0, 0.05) is 18.7 Å². The zero-order valence-electron chi connectivity index (χ0n) is 14.3. The molecule has 3 rings (SSSR count). The summed E-state index contributed by atoms with van der Waals surface area (Å²) in [6, 6.07) is 7.66. The maximum atomic E-state index is 12.5. The van der Waals surface area contributed by atoms with Crippen molar-refractivity contribution >= 4 is 29.9 Å². The van der Waals surface area contributed by atoms with Gasteiger partial charge in [-0.1, -0.05) is 17.7 Å². The molecule has 2 aliphatic rings. The van der Waals surface area contributed by atoms with E-state index in [4.69, 9.17) is 0 Å². The van der Waals surface area contributed by atoms with E-state index < -0.39 is 0 Å². The van der Waals surface area contributed by atoms with Crippen molar-refractivity contribution in [3.8, 4) is 0 Å². The third-order valence-corrected chi connectivity index (χ3v) is 5.18. The molecule has 0 bridgehead atoms. The number of benzene rings is 1. The van der Waals surface area contributed by atoms with Crippen LogP contribution < -0.4 is 10.6 Å². The molecule has 1 aliphatic heterocycles. The minimum atomic E-state index is -0.148. The smallest absolute Gasteiger partial charge is 0.243 e. The standard InChI is InChI=1S/C18H25N3O2.ClH/c1-13-3-5-14(6-4-13)20-16(22)12-21(2)17(23)15-11-18(15)7-9-19-10-8-18;/h3-6,15,19H,7-12H2,1-2H3,(H,20,22);1H. The SMILES string of the molecule is Cc1ccc(NC(=O)CN(C)C(=O)C2CC23CCNCC3)cc1.Cl. The fourth-order valence-corrected chi connectivity index (χ4v) is 3.57. The Bertz CT molecular complexity index is 597. The largest absolute Gasteiger partial charge is 0.336 e. The summed E-state index contributed by atoms with van der Waals surface area (Å²) in [6.45, 7) is 4.12. The number of halogens is 1. The zero-order chi connectivity index (χ0) is 16.4. The number of hydrogen-bond acceptors (Lipinski definition) is 3. The highest BCUT2D eigenvalue weighted by Crippen LogP contribution is 2.59. The quantitative estimate of drug-likeness (QED) is 0.874. The molecule has 1 aromatic rings. The molecular weight excluding hydrogens is 326 g/mol. The van der Waals surface area contributed by atoms with Gasteiger partial charge < -0.3 is 15.5 Å². The fraction of sp³-hybridized carbons (Fsp3) is 0.556. The Labute approximate surface area is 149 Å². The molecule has 1 unspecified atom stereocenters. The van der Waals surface area contributed by atoms with Gasteiger partial charge in [-0.25, -0.2) is 0 Å². The van der Waals surface area contributed by atoms with Gasteiger partial charge in [0.15, 0.2) is 0 Å². The second-order valence-electron chi connectivity index (χ2n) is 6.98. The Morgan fingerprint density at radius 2 is 1.88 bits per heavy atom. The van der Waals surface area contributed by atoms with Gasteiger partial charge in [-0.2, -0.15) is 0 Å². The summed E-state index contributed by atoms with van der Waals surface area (Å²) in [5.74, 6) is 0.0810. The van der Waals surface area contributed by atoms with Gasteiger partial charge in [0.1, 0.15) is 0 Å². The predicted octanol–water partition coefficient (Wildman–Crippen LogP) is 2.20. The molecule has 2 amide bonds. The minimum absolute atomic E-state index is 0. The van der Waals surface area contributed by atoms with Crippen LogP contribution in [0.25, 0.3) is 0 Å². The molecule has 24 heavy (non-hydrogen) atoms. The molecule has 1 spiro atoms. The number of rotatable bonds is 4. The van der Waals surface area contributed by atoms with E-state index in [0.29, 0.717) is 0 Å². The highest BCUT2D eigenvalue weighted by Gasteiger charge is 2.58.